The molecule has 3 aromatic heterocycles. The smallest absolute Gasteiger partial charge is 0.304 e. The number of nitrogens with zero attached hydrogens (tertiary/aromatic N) is 10. The number of aliphatic carboxylic acids is 1. The molecule has 2 unspecified atom stereocenters. The number of pyridine rings is 1. The first kappa shape index (κ1) is 70.0. The highest BCUT2D eigenvalue weighted by atomic mass is 32.5. The highest BCUT2D eigenvalue weighted by molar-refractivity contribution is 8.06. The number of hydrogen-bond acceptors (Lipinski definition) is 17. The summed E-state index contributed by atoms with van der Waals surface area (Å²) in [6.07, 6.45) is 17.2. The van der Waals surface area contributed by atoms with E-state index in [4.69, 9.17) is 30.9 Å². The van der Waals surface area contributed by atoms with Crippen LogP contribution in [0.2, 0.25) is 0 Å². The standard InChI is InChI=1S/C65H100N13O10PS/c1-4-5-36-87-89(86,90)88-47-58-42-59(79)46-76(58)63(83)20-9-8-11-28-67-60(80)18-13-17-55-43-69-72-77(55)30-12-7-6-10-27-66-61(81)19-14-21-62(82)75-34-32-74(33-35-75)56-38-52(39-57(41-56)78-49(3)37-48(2)71-78)53(40-64(84)85)45-73-31-26-50(44-73)22-24-54-25-23-51-16-15-29-68-65(51)70-54/h23,25,37-39,41,43,50,53,58-59,79H,4-22,24,26-36,40,42,44-47H2,1-3H3,(H,66,81)(H,67,80)(H,68,70)(H,84,85)(H,86,90)/p-1/t50?,53-,58+,59-,89?/m1/s1. The number of anilines is 2. The van der Waals surface area contributed by atoms with Crippen LogP contribution in [-0.2, 0) is 70.6 Å². The number of nitrogens with one attached hydrogen (secondary N) is 3. The average molecular weight is 1290 g/mol. The Morgan fingerprint density at radius 3 is 2.33 bits per heavy atom. The van der Waals surface area contributed by atoms with Gasteiger partial charge in [0.25, 0.3) is 0 Å². The van der Waals surface area contributed by atoms with Crippen LogP contribution in [0.3, 0.4) is 0 Å². The molecule has 0 aliphatic carbocycles. The Bertz CT molecular complexity index is 3010. The van der Waals surface area contributed by atoms with Crippen molar-refractivity contribution in [1.29, 1.82) is 0 Å². The van der Waals surface area contributed by atoms with E-state index < -0.39 is 24.8 Å². The van der Waals surface area contributed by atoms with E-state index in [2.05, 4.69) is 66.4 Å². The number of carboxylic acids is 1. The third-order valence-electron chi connectivity index (χ3n) is 17.9. The number of fused-ring (bicyclic) bond motifs is 1. The SMILES string of the molecule is CCCCOP([O-])(=S)OC[C@@H]1C[C@@H](O)CN1C(=O)CCCCCNC(=O)CCCc1cnnn1CCCCCCNC(=O)CCCC(=O)N1CCN(c2cc([C@H](CC(=O)O)CN3CCC(CCc4ccc5c(n4)NCCC5)C3)cc(-n3nc(C)cc3C)c2)CC1. The molecule has 4 aliphatic rings. The van der Waals surface area contributed by atoms with Crippen molar-refractivity contribution in [2.45, 2.75) is 193 Å². The number of aryl methyl sites for hydroxylation is 6. The number of rotatable bonds is 38. The zero-order chi connectivity index (χ0) is 63.8. The number of aliphatic hydroxyl groups excluding tert-OH is 1. The van der Waals surface area contributed by atoms with Gasteiger partial charge in [-0.25, -0.2) is 14.3 Å². The molecule has 0 radical (unpaired) electrons. The highest BCUT2D eigenvalue weighted by Crippen LogP contribution is 2.40. The summed E-state index contributed by atoms with van der Waals surface area (Å²) in [4.78, 5) is 89.9. The lowest BCUT2D eigenvalue weighted by atomic mass is 9.93. The topological polar surface area (TPSA) is 278 Å². The molecule has 90 heavy (non-hydrogen) atoms. The van der Waals surface area contributed by atoms with E-state index in [1.54, 1.807) is 11.1 Å². The molecule has 3 fully saturated rings. The second-order valence-corrected chi connectivity index (χ2v) is 27.9. The molecule has 4 aromatic rings. The van der Waals surface area contributed by atoms with Crippen LogP contribution in [0.25, 0.3) is 5.69 Å². The summed E-state index contributed by atoms with van der Waals surface area (Å²) < 4.78 is 14.5. The van der Waals surface area contributed by atoms with Gasteiger partial charge in [0.1, 0.15) is 12.5 Å². The number of benzene rings is 1. The van der Waals surface area contributed by atoms with E-state index in [0.29, 0.717) is 110 Å². The molecule has 7 heterocycles. The van der Waals surface area contributed by atoms with Gasteiger partial charge < -0.3 is 59.7 Å². The van der Waals surface area contributed by atoms with Gasteiger partial charge in [0.05, 0.1) is 55.1 Å². The van der Waals surface area contributed by atoms with Gasteiger partial charge in [0, 0.05) is 121 Å². The van der Waals surface area contributed by atoms with E-state index in [1.807, 2.05) is 41.1 Å². The van der Waals surface area contributed by atoms with Crippen molar-refractivity contribution >= 4 is 59.6 Å². The Kier molecular flexibility index (Phi) is 27.8. The summed E-state index contributed by atoms with van der Waals surface area (Å²) in [6.45, 7) is 10.4. The van der Waals surface area contributed by atoms with Gasteiger partial charge >= 0.3 is 5.97 Å². The van der Waals surface area contributed by atoms with Crippen molar-refractivity contribution < 1.29 is 48.1 Å². The zero-order valence-corrected chi connectivity index (χ0v) is 55.2. The fraction of sp³-hybridized carbons (Fsp3) is 0.677. The Morgan fingerprint density at radius 1 is 0.833 bits per heavy atom. The molecule has 4 amide bonds. The summed E-state index contributed by atoms with van der Waals surface area (Å²) in [5.74, 6) is 0.391. The molecule has 0 spiro atoms. The molecule has 3 saturated heterocycles. The maximum atomic E-state index is 13.5. The molecule has 5 N–H and O–H groups in total. The Balaban J connectivity index is 0.667. The maximum absolute atomic E-state index is 13.5. The van der Waals surface area contributed by atoms with Gasteiger partial charge in [-0.1, -0.05) is 55.7 Å². The number of carbonyl (C=O) groups is 5. The number of aromatic nitrogens is 6. The predicted octanol–water partition coefficient (Wildman–Crippen LogP) is 6.92. The van der Waals surface area contributed by atoms with Crippen LogP contribution >= 0.6 is 6.72 Å². The molecule has 1 aromatic carbocycles. The molecule has 4 aliphatic heterocycles. The Labute approximate surface area is 537 Å². The van der Waals surface area contributed by atoms with Crippen molar-refractivity contribution in [3.05, 3.63) is 76.5 Å². The number of carbonyl (C=O) groups excluding carboxylic acids is 4. The van der Waals surface area contributed by atoms with Crippen molar-refractivity contribution in [3.8, 4) is 5.69 Å². The fourth-order valence-electron chi connectivity index (χ4n) is 12.9. The number of carboxylic acid groups (broad SMARTS) is 1. The molecule has 5 atom stereocenters. The van der Waals surface area contributed by atoms with Crippen LogP contribution < -0.4 is 25.7 Å². The minimum Gasteiger partial charge on any atom is -0.780 e. The molecule has 25 heteroatoms. The van der Waals surface area contributed by atoms with Gasteiger partial charge in [-0.05, 0) is 158 Å². The number of β-amino-alcohol motifs (C(OH)–C–C–N with tert-alkyl or cyclic N) is 1. The summed E-state index contributed by atoms with van der Waals surface area (Å²) in [6, 6.07) is 12.4. The van der Waals surface area contributed by atoms with E-state index in [9.17, 15) is 39.1 Å². The minimum absolute atomic E-state index is 0.0178. The molecular formula is C65H99N13O10PS-. The summed E-state index contributed by atoms with van der Waals surface area (Å²) in [5, 5.41) is 43.1. The van der Waals surface area contributed by atoms with Crippen LogP contribution in [0.1, 0.15) is 175 Å². The Morgan fingerprint density at radius 2 is 1.58 bits per heavy atom. The normalized spacial score (nSPS) is 18.7. The largest absolute Gasteiger partial charge is 0.780 e. The van der Waals surface area contributed by atoms with Crippen LogP contribution in [0.5, 0.6) is 0 Å². The predicted molar refractivity (Wildman–Crippen MR) is 348 cm³/mol. The van der Waals surface area contributed by atoms with Crippen molar-refractivity contribution in [1.82, 2.24) is 55.1 Å². The lowest BCUT2D eigenvalue weighted by Gasteiger charge is -2.37. The quantitative estimate of drug-likeness (QED) is 0.0225. The van der Waals surface area contributed by atoms with Gasteiger partial charge in [-0.3, -0.25) is 24.0 Å². The third kappa shape index (κ3) is 22.5. The van der Waals surface area contributed by atoms with Gasteiger partial charge in [0.2, 0.25) is 23.6 Å². The highest BCUT2D eigenvalue weighted by Gasteiger charge is 2.35. The van der Waals surface area contributed by atoms with E-state index in [-0.39, 0.29) is 55.7 Å². The first-order valence-electron chi connectivity index (χ1n) is 33.4. The molecule has 496 valence electrons. The number of amides is 4. The Hall–Kier alpha value is -5.88. The molecule has 8 rings (SSSR count). The summed E-state index contributed by atoms with van der Waals surface area (Å²) >= 11 is 4.98. The van der Waals surface area contributed by atoms with Crippen LogP contribution in [0.15, 0.2) is 42.6 Å². The molecular weight excluding hydrogens is 1190 g/mol. The van der Waals surface area contributed by atoms with Gasteiger partial charge in [0.15, 0.2) is 0 Å². The fourth-order valence-corrected chi connectivity index (χ4v) is 14.1. The first-order chi connectivity index (χ1) is 43.5. The molecule has 23 nitrogen and oxygen atoms in total. The number of likely N-dealkylation sites (tertiary alicyclic amines) is 2. The van der Waals surface area contributed by atoms with Crippen molar-refractivity contribution in [2.24, 2.45) is 5.92 Å². The van der Waals surface area contributed by atoms with Crippen molar-refractivity contribution in [3.63, 3.8) is 0 Å². The van der Waals surface area contributed by atoms with Gasteiger partial charge in [-0.2, -0.15) is 5.10 Å². The maximum Gasteiger partial charge on any atom is 0.304 e. The van der Waals surface area contributed by atoms with Crippen LogP contribution in [-0.4, -0.2) is 182 Å². The lowest BCUT2D eigenvalue weighted by Crippen LogP contribution is -2.48. The molecule has 0 bridgehead atoms. The third-order valence-corrected chi connectivity index (χ3v) is 19.5. The monoisotopic (exact) mass is 1280 g/mol. The first-order valence-corrected chi connectivity index (χ1v) is 35.9. The summed E-state index contributed by atoms with van der Waals surface area (Å²) in [5.41, 5.74) is 8.18. The van der Waals surface area contributed by atoms with Crippen molar-refractivity contribution in [2.75, 3.05) is 95.4 Å². The number of hydrogen-bond donors (Lipinski definition) is 5. The lowest BCUT2D eigenvalue weighted by molar-refractivity contribution is -0.208. The van der Waals surface area contributed by atoms with E-state index >= 15 is 0 Å². The number of unbranched alkanes of at least 4 members (excludes halogenated alkanes) is 6. The average Bonchev–Trinajstić information content (AvgIpc) is 3.97. The second kappa shape index (κ2) is 35.8. The number of aliphatic hydroxyl groups is 1. The minimum atomic E-state index is -3.65. The zero-order valence-electron chi connectivity index (χ0n) is 53.5. The molecule has 0 saturated carbocycles. The van der Waals surface area contributed by atoms with Crippen LogP contribution in [0.4, 0.5) is 11.5 Å². The van der Waals surface area contributed by atoms with Crippen LogP contribution in [0, 0.1) is 19.8 Å². The second-order valence-electron chi connectivity index (χ2n) is 25.2. The number of piperazine rings is 1. The van der Waals surface area contributed by atoms with E-state index in [1.165, 1.54) is 5.56 Å². The summed E-state index contributed by atoms with van der Waals surface area (Å²) in [7, 11) is 0. The van der Waals surface area contributed by atoms with E-state index in [0.717, 1.165) is 155 Å². The van der Waals surface area contributed by atoms with Gasteiger partial charge in [-0.15, -0.1) is 5.10 Å².